The van der Waals surface area contributed by atoms with E-state index < -0.39 is 83.3 Å². The molecule has 5 rings (SSSR count). The number of esters is 2. The number of nitrogens with zero attached hydrogens (tertiary/aromatic N) is 3. The first kappa shape index (κ1) is 46.1. The molecule has 17 heteroatoms. The maximum Gasteiger partial charge on any atom is 0.316 e. The predicted octanol–water partition coefficient (Wildman–Crippen LogP) is 4.00. The van der Waals surface area contributed by atoms with Crippen LogP contribution < -0.4 is 5.73 Å². The minimum absolute atomic E-state index is 0.0152. The number of carbonyl (C=O) groups excluding carboxylic acids is 4. The molecule has 3 saturated heterocycles. The number of cyclic esters (lactones) is 1. The maximum absolute atomic E-state index is 14.5. The number of ketones is 2. The summed E-state index contributed by atoms with van der Waals surface area (Å²) >= 11 is 0. The summed E-state index contributed by atoms with van der Waals surface area (Å²) < 4.78 is 43.6. The molecule has 1 aromatic heterocycles. The molecular weight excluding hydrogens is 768 g/mol. The van der Waals surface area contributed by atoms with Gasteiger partial charge in [0.2, 0.25) is 0 Å². The topological polar surface area (TPSA) is 221 Å². The molecule has 1 aromatic carbocycles. The van der Waals surface area contributed by atoms with E-state index in [1.807, 2.05) is 25.9 Å². The Labute approximate surface area is 345 Å². The number of fused-ring (bicyclic) bond motifs is 6. The average Bonchev–Trinajstić information content (AvgIpc) is 3.54. The highest BCUT2D eigenvalue weighted by Crippen LogP contribution is 2.40. The predicted molar refractivity (Wildman–Crippen MR) is 214 cm³/mol. The number of rotatable bonds is 8. The van der Waals surface area contributed by atoms with Crippen molar-refractivity contribution in [1.82, 2.24) is 9.88 Å². The van der Waals surface area contributed by atoms with Gasteiger partial charge in [-0.05, 0) is 78.7 Å². The summed E-state index contributed by atoms with van der Waals surface area (Å²) in [6, 6.07) is 4.97. The summed E-state index contributed by atoms with van der Waals surface area (Å²) in [5, 5.41) is 16.6. The molecule has 0 aliphatic carbocycles. The van der Waals surface area contributed by atoms with Crippen LogP contribution in [0.1, 0.15) is 87.1 Å². The van der Waals surface area contributed by atoms with Gasteiger partial charge in [0.25, 0.3) is 6.01 Å². The maximum atomic E-state index is 14.5. The number of ether oxygens (including phenoxy) is 6. The van der Waals surface area contributed by atoms with E-state index in [0.717, 1.165) is 0 Å². The first-order valence-electron chi connectivity index (χ1n) is 20.4. The van der Waals surface area contributed by atoms with E-state index in [9.17, 15) is 24.3 Å². The second-order valence-corrected chi connectivity index (χ2v) is 17.1. The Morgan fingerprint density at radius 3 is 2.44 bits per heavy atom. The Morgan fingerprint density at radius 2 is 1.78 bits per heavy atom. The normalized spacial score (nSPS) is 37.4. The van der Waals surface area contributed by atoms with E-state index in [0.29, 0.717) is 23.1 Å². The van der Waals surface area contributed by atoms with Crippen LogP contribution in [-0.4, -0.2) is 126 Å². The molecule has 2 aromatic rings. The van der Waals surface area contributed by atoms with Crippen LogP contribution in [-0.2, 0) is 59.0 Å². The molecule has 3 aliphatic rings. The van der Waals surface area contributed by atoms with Crippen molar-refractivity contribution in [3.05, 3.63) is 23.8 Å². The van der Waals surface area contributed by atoms with E-state index in [2.05, 4.69) is 10.1 Å². The van der Waals surface area contributed by atoms with Crippen LogP contribution in [0.5, 0.6) is 0 Å². The third-order valence-corrected chi connectivity index (χ3v) is 12.0. The van der Waals surface area contributed by atoms with Gasteiger partial charge in [0.1, 0.15) is 41.2 Å². The van der Waals surface area contributed by atoms with Gasteiger partial charge in [0.05, 0.1) is 43.2 Å². The number of hydrogen-bond acceptors (Lipinski definition) is 17. The number of oxazole rings is 1. The zero-order valence-electron chi connectivity index (χ0n) is 36.1. The van der Waals surface area contributed by atoms with Crippen molar-refractivity contribution in [1.29, 1.82) is 0 Å². The fraction of sp³-hybridized carbons (Fsp3) is 0.714. The Hall–Kier alpha value is -4.00. The highest BCUT2D eigenvalue weighted by atomic mass is 16.7. The number of carbonyl (C=O) groups is 4. The van der Waals surface area contributed by atoms with Gasteiger partial charge in [-0.25, -0.2) is 0 Å². The molecule has 13 atom stereocenters. The molecule has 4 heterocycles. The number of Topliss-reactive ketones (excluding diaryl/α,β-unsaturated/α-hetero) is 2. The Balaban J connectivity index is 1.63. The summed E-state index contributed by atoms with van der Waals surface area (Å²) in [4.78, 5) is 67.3. The second kappa shape index (κ2) is 18.7. The highest BCUT2D eigenvalue weighted by molar-refractivity contribution is 6.00. The van der Waals surface area contributed by atoms with Crippen molar-refractivity contribution in [3.63, 3.8) is 0 Å². The third kappa shape index (κ3) is 10.3. The fourth-order valence-electron chi connectivity index (χ4n) is 8.78. The number of nitrogen functional groups attached to an aromatic ring is 1. The van der Waals surface area contributed by atoms with E-state index in [1.54, 1.807) is 52.8 Å². The number of oxime groups is 1. The largest absolute Gasteiger partial charge is 0.459 e. The second-order valence-electron chi connectivity index (χ2n) is 17.1. The SMILES string of the molecule is CC[C@H]1OC(=O)[C@H](C)C(=O)[C@H](C)[C@@H](O[C@@H]2O[C@H](C)C[C@H](N(C)C)[C@H]2OC(C)=O)[C@@]2(C)C[C@@H](C)C(=O)[C@H](C)[C@@H](OCC(=NOCc3ccc4oc(N)nc4c3)CO2)[C@]1(C)O. The lowest BCUT2D eigenvalue weighted by Gasteiger charge is -2.48. The summed E-state index contributed by atoms with van der Waals surface area (Å²) in [5.41, 5.74) is 4.38. The average molecular weight is 831 g/mol. The number of aromatic nitrogens is 1. The molecule has 0 unspecified atom stereocenters. The number of likely N-dealkylation sites (N-methyl/N-ethyl adjacent to an activating group) is 1. The van der Waals surface area contributed by atoms with E-state index >= 15 is 0 Å². The van der Waals surface area contributed by atoms with Crippen molar-refractivity contribution < 1.29 is 62.0 Å². The number of nitrogens with two attached hydrogens (primary N) is 1. The zero-order chi connectivity index (χ0) is 43.6. The zero-order valence-corrected chi connectivity index (χ0v) is 36.1. The lowest BCUT2D eigenvalue weighted by molar-refractivity contribution is -0.298. The summed E-state index contributed by atoms with van der Waals surface area (Å²) in [6.07, 6.45) is -5.31. The van der Waals surface area contributed by atoms with Gasteiger partial charge in [-0.1, -0.05) is 38.9 Å². The van der Waals surface area contributed by atoms with Gasteiger partial charge in [-0.15, -0.1) is 0 Å². The first-order valence-corrected chi connectivity index (χ1v) is 20.4. The Morgan fingerprint density at radius 1 is 1.07 bits per heavy atom. The van der Waals surface area contributed by atoms with Crippen LogP contribution in [0.3, 0.4) is 0 Å². The smallest absolute Gasteiger partial charge is 0.316 e. The molecule has 59 heavy (non-hydrogen) atoms. The van der Waals surface area contributed by atoms with Crippen molar-refractivity contribution in [2.45, 2.75) is 142 Å². The molecule has 2 bridgehead atoms. The standard InChI is InChI=1S/C42H62N4O13/c1-12-32-42(9,51)37-23(4)33(48)21(2)17-41(8,53-20-28(19-52-37)45-54-18-27-13-14-31-29(16-27)44-40(43)57-31)36(24(5)34(49)25(6)38(50)58-32)59-39-35(56-26(7)47)30(46(10)11)15-22(3)55-39/h13-14,16,21-25,30,32,35-37,39,51H,12,15,17-20H2,1-11H3,(H2,43,44)/t21-,22-,23+,24+,25-,30+,32-,35-,36-,37-,39+,41-,42-/m1/s1. The number of anilines is 1. The van der Waals surface area contributed by atoms with Gasteiger partial charge < -0.3 is 53.4 Å². The van der Waals surface area contributed by atoms with Crippen LogP contribution in [0.4, 0.5) is 6.01 Å². The van der Waals surface area contributed by atoms with Gasteiger partial charge in [-0.2, -0.15) is 4.98 Å². The van der Waals surface area contributed by atoms with E-state index in [1.165, 1.54) is 20.8 Å². The lowest BCUT2D eigenvalue weighted by atomic mass is 9.74. The minimum atomic E-state index is -1.90. The van der Waals surface area contributed by atoms with Crippen LogP contribution in [0.15, 0.2) is 27.8 Å². The quantitative estimate of drug-likeness (QED) is 0.218. The molecular formula is C42H62N4O13. The van der Waals surface area contributed by atoms with Gasteiger partial charge in [0, 0.05) is 24.7 Å². The van der Waals surface area contributed by atoms with Crippen LogP contribution >= 0.6 is 0 Å². The molecule has 17 nitrogen and oxygen atoms in total. The highest BCUT2D eigenvalue weighted by Gasteiger charge is 2.54. The van der Waals surface area contributed by atoms with Crippen molar-refractivity contribution in [2.75, 3.05) is 33.0 Å². The van der Waals surface area contributed by atoms with Crippen molar-refractivity contribution >= 4 is 46.3 Å². The number of hydrogen-bond donors (Lipinski definition) is 2. The van der Waals surface area contributed by atoms with Crippen molar-refractivity contribution in [3.8, 4) is 0 Å². The Bertz CT molecular complexity index is 1860. The molecule has 3 aliphatic heterocycles. The van der Waals surface area contributed by atoms with E-state index in [-0.39, 0.29) is 62.3 Å². The number of aliphatic hydroxyl groups is 1. The molecule has 0 amide bonds. The van der Waals surface area contributed by atoms with Crippen molar-refractivity contribution in [2.24, 2.45) is 28.8 Å². The summed E-state index contributed by atoms with van der Waals surface area (Å²) in [5.74, 6) is -6.22. The molecule has 3 N–H and O–H groups in total. The Kier molecular flexibility index (Phi) is 14.6. The summed E-state index contributed by atoms with van der Waals surface area (Å²) in [7, 11) is 3.73. The molecule has 3 fully saturated rings. The molecule has 0 saturated carbocycles. The van der Waals surface area contributed by atoms with Gasteiger partial charge in [-0.3, -0.25) is 19.2 Å². The van der Waals surface area contributed by atoms with Crippen LogP contribution in [0.2, 0.25) is 0 Å². The lowest BCUT2D eigenvalue weighted by Crippen LogP contribution is -2.60. The fourth-order valence-corrected chi connectivity index (χ4v) is 8.78. The van der Waals surface area contributed by atoms with Crippen LogP contribution in [0.25, 0.3) is 11.1 Å². The van der Waals surface area contributed by atoms with E-state index in [4.69, 9.17) is 43.4 Å². The van der Waals surface area contributed by atoms with Gasteiger partial charge in [0.15, 0.2) is 23.8 Å². The molecule has 0 radical (unpaired) electrons. The summed E-state index contributed by atoms with van der Waals surface area (Å²) in [6.45, 7) is 14.1. The minimum Gasteiger partial charge on any atom is -0.459 e. The van der Waals surface area contributed by atoms with Crippen LogP contribution in [0, 0.1) is 23.7 Å². The first-order chi connectivity index (χ1) is 27.7. The van der Waals surface area contributed by atoms with Gasteiger partial charge >= 0.3 is 11.9 Å². The molecule has 328 valence electrons. The molecule has 0 spiro atoms. The monoisotopic (exact) mass is 830 g/mol. The third-order valence-electron chi connectivity index (χ3n) is 12.0. The number of benzene rings is 1.